The number of hydrogen-bond acceptors (Lipinski definition) is 5. The number of anilines is 1. The zero-order valence-corrected chi connectivity index (χ0v) is 22.5. The van der Waals surface area contributed by atoms with Crippen molar-refractivity contribution in [1.29, 1.82) is 0 Å². The zero-order chi connectivity index (χ0) is 21.3. The molecule has 0 unspecified atom stereocenters. The van der Waals surface area contributed by atoms with Crippen LogP contribution in [0.1, 0.15) is 31.0 Å². The van der Waals surface area contributed by atoms with Crippen LogP contribution in [0.25, 0.3) is 0 Å². The molecule has 2 heterocycles. The predicted octanol–water partition coefficient (Wildman–Crippen LogP) is 4.45. The van der Waals surface area contributed by atoms with Crippen LogP contribution in [0.3, 0.4) is 0 Å². The third-order valence-electron chi connectivity index (χ3n) is 5.28. The second kappa shape index (κ2) is 13.4. The van der Waals surface area contributed by atoms with Gasteiger partial charge in [-0.2, -0.15) is 0 Å². The second-order valence-electron chi connectivity index (χ2n) is 7.90. The SMILES string of the molecule is CCNC(=NCc1csc(N(C)C)n1)NCC1CCN(Cc2ccccc2Cl)CC1.I. The van der Waals surface area contributed by atoms with E-state index < -0.39 is 0 Å². The van der Waals surface area contributed by atoms with E-state index >= 15 is 0 Å². The van der Waals surface area contributed by atoms with Crippen LogP contribution in [0.2, 0.25) is 5.02 Å². The molecule has 1 aliphatic heterocycles. The monoisotopic (exact) mass is 576 g/mol. The minimum atomic E-state index is 0. The van der Waals surface area contributed by atoms with Crippen molar-refractivity contribution in [3.8, 4) is 0 Å². The van der Waals surface area contributed by atoms with E-state index in [2.05, 4.69) is 45.0 Å². The standard InChI is InChI=1S/C22H33ClN6S.HI/c1-4-24-21(26-14-19-16-30-22(27-19)28(2)3)25-13-17-9-11-29(12-10-17)15-18-7-5-6-8-20(18)23;/h5-8,16-17H,4,9-15H2,1-3H3,(H2,24,25,26);1H. The fourth-order valence-electron chi connectivity index (χ4n) is 3.53. The number of benzene rings is 1. The molecule has 1 aliphatic rings. The van der Waals surface area contributed by atoms with Crippen molar-refractivity contribution >= 4 is 58.0 Å². The molecule has 0 radical (unpaired) electrons. The molecule has 0 bridgehead atoms. The first kappa shape index (κ1) is 26.2. The maximum Gasteiger partial charge on any atom is 0.191 e. The molecule has 1 saturated heterocycles. The van der Waals surface area contributed by atoms with Crippen molar-refractivity contribution in [2.24, 2.45) is 10.9 Å². The van der Waals surface area contributed by atoms with Gasteiger partial charge in [-0.25, -0.2) is 9.98 Å². The van der Waals surface area contributed by atoms with Gasteiger partial charge in [0.05, 0.1) is 12.2 Å². The highest BCUT2D eigenvalue weighted by Crippen LogP contribution is 2.22. The lowest BCUT2D eigenvalue weighted by Gasteiger charge is -2.32. The molecule has 3 rings (SSSR count). The summed E-state index contributed by atoms with van der Waals surface area (Å²) >= 11 is 7.97. The first-order valence-corrected chi connectivity index (χ1v) is 11.9. The lowest BCUT2D eigenvalue weighted by molar-refractivity contribution is 0.178. The first-order chi connectivity index (χ1) is 14.5. The van der Waals surface area contributed by atoms with E-state index in [1.54, 1.807) is 11.3 Å². The number of aliphatic imine (C=N–C) groups is 1. The molecular weight excluding hydrogens is 543 g/mol. The summed E-state index contributed by atoms with van der Waals surface area (Å²) in [7, 11) is 4.02. The highest BCUT2D eigenvalue weighted by molar-refractivity contribution is 14.0. The average Bonchev–Trinajstić information content (AvgIpc) is 3.22. The molecule has 0 saturated carbocycles. The molecule has 31 heavy (non-hydrogen) atoms. The quantitative estimate of drug-likeness (QED) is 0.276. The Bertz CT molecular complexity index is 820. The molecule has 1 aromatic carbocycles. The number of nitrogens with zero attached hydrogens (tertiary/aromatic N) is 4. The van der Waals surface area contributed by atoms with E-state index in [0.29, 0.717) is 12.5 Å². The van der Waals surface area contributed by atoms with Crippen LogP contribution in [0.15, 0.2) is 34.6 Å². The number of likely N-dealkylation sites (tertiary alicyclic amines) is 1. The Morgan fingerprint density at radius 1 is 1.26 bits per heavy atom. The van der Waals surface area contributed by atoms with Gasteiger partial charge in [0, 0.05) is 44.1 Å². The number of rotatable bonds is 8. The maximum atomic E-state index is 6.31. The molecule has 1 aromatic heterocycles. The van der Waals surface area contributed by atoms with E-state index in [-0.39, 0.29) is 24.0 Å². The maximum absolute atomic E-state index is 6.31. The number of piperidine rings is 1. The van der Waals surface area contributed by atoms with Gasteiger partial charge in [0.15, 0.2) is 11.1 Å². The van der Waals surface area contributed by atoms with Crippen LogP contribution in [0.4, 0.5) is 5.13 Å². The van der Waals surface area contributed by atoms with Crippen molar-refractivity contribution in [3.05, 3.63) is 45.9 Å². The number of nitrogens with one attached hydrogen (secondary N) is 2. The smallest absolute Gasteiger partial charge is 0.191 e. The molecule has 2 N–H and O–H groups in total. The van der Waals surface area contributed by atoms with Crippen LogP contribution in [0.5, 0.6) is 0 Å². The van der Waals surface area contributed by atoms with Gasteiger partial charge in [0.25, 0.3) is 0 Å². The summed E-state index contributed by atoms with van der Waals surface area (Å²) in [4.78, 5) is 13.9. The Balaban J connectivity index is 0.00000341. The Kier molecular flexibility index (Phi) is 11.3. The molecule has 0 atom stereocenters. The van der Waals surface area contributed by atoms with Crippen LogP contribution < -0.4 is 15.5 Å². The van der Waals surface area contributed by atoms with E-state index in [1.807, 2.05) is 31.1 Å². The van der Waals surface area contributed by atoms with Crippen LogP contribution >= 0.6 is 46.9 Å². The van der Waals surface area contributed by atoms with Crippen molar-refractivity contribution in [3.63, 3.8) is 0 Å². The summed E-state index contributed by atoms with van der Waals surface area (Å²) in [6, 6.07) is 8.15. The Hall–Kier alpha value is -1.10. The van der Waals surface area contributed by atoms with E-state index in [1.165, 1.54) is 18.4 Å². The summed E-state index contributed by atoms with van der Waals surface area (Å²) in [5, 5.41) is 10.8. The fourth-order valence-corrected chi connectivity index (χ4v) is 4.48. The molecule has 0 spiro atoms. The fraction of sp³-hybridized carbons (Fsp3) is 0.545. The van der Waals surface area contributed by atoms with Crippen LogP contribution in [-0.4, -0.2) is 56.1 Å². The summed E-state index contributed by atoms with van der Waals surface area (Å²) < 4.78 is 0. The van der Waals surface area contributed by atoms with Gasteiger partial charge in [-0.3, -0.25) is 4.90 Å². The Morgan fingerprint density at radius 3 is 2.65 bits per heavy atom. The van der Waals surface area contributed by atoms with E-state index in [0.717, 1.165) is 54.5 Å². The molecule has 6 nitrogen and oxygen atoms in total. The lowest BCUT2D eigenvalue weighted by Crippen LogP contribution is -2.42. The summed E-state index contributed by atoms with van der Waals surface area (Å²) in [5.74, 6) is 1.53. The van der Waals surface area contributed by atoms with Gasteiger partial charge in [0.1, 0.15) is 0 Å². The van der Waals surface area contributed by atoms with Gasteiger partial charge in [-0.1, -0.05) is 29.8 Å². The lowest BCUT2D eigenvalue weighted by atomic mass is 9.96. The van der Waals surface area contributed by atoms with Crippen molar-refractivity contribution in [2.75, 3.05) is 45.2 Å². The molecule has 2 aromatic rings. The van der Waals surface area contributed by atoms with Crippen LogP contribution in [-0.2, 0) is 13.1 Å². The van der Waals surface area contributed by atoms with Gasteiger partial charge in [0.2, 0.25) is 0 Å². The Labute approximate surface area is 212 Å². The summed E-state index contributed by atoms with van der Waals surface area (Å²) in [5.41, 5.74) is 2.23. The molecule has 9 heteroatoms. The largest absolute Gasteiger partial charge is 0.357 e. The number of guanidine groups is 1. The van der Waals surface area contributed by atoms with Gasteiger partial charge >= 0.3 is 0 Å². The van der Waals surface area contributed by atoms with Crippen molar-refractivity contribution in [1.82, 2.24) is 20.5 Å². The Morgan fingerprint density at radius 2 is 2.00 bits per heavy atom. The van der Waals surface area contributed by atoms with Gasteiger partial charge in [-0.15, -0.1) is 35.3 Å². The van der Waals surface area contributed by atoms with Crippen LogP contribution in [0, 0.1) is 5.92 Å². The molecule has 172 valence electrons. The van der Waals surface area contributed by atoms with Crippen molar-refractivity contribution < 1.29 is 0 Å². The minimum absolute atomic E-state index is 0. The predicted molar refractivity (Wildman–Crippen MR) is 144 cm³/mol. The van der Waals surface area contributed by atoms with E-state index in [9.17, 15) is 0 Å². The molecule has 0 amide bonds. The number of aromatic nitrogens is 1. The van der Waals surface area contributed by atoms with E-state index in [4.69, 9.17) is 16.6 Å². The highest BCUT2D eigenvalue weighted by atomic mass is 127. The molecule has 1 fully saturated rings. The van der Waals surface area contributed by atoms with Gasteiger partial charge < -0.3 is 15.5 Å². The normalized spacial score (nSPS) is 15.4. The number of thiazole rings is 1. The topological polar surface area (TPSA) is 55.8 Å². The highest BCUT2D eigenvalue weighted by Gasteiger charge is 2.20. The summed E-state index contributed by atoms with van der Waals surface area (Å²) in [6.07, 6.45) is 2.38. The molecule has 0 aliphatic carbocycles. The number of hydrogen-bond donors (Lipinski definition) is 2. The third kappa shape index (κ3) is 8.40. The zero-order valence-electron chi connectivity index (χ0n) is 18.6. The third-order valence-corrected chi connectivity index (χ3v) is 6.71. The number of halogens is 2. The second-order valence-corrected chi connectivity index (χ2v) is 9.15. The van der Waals surface area contributed by atoms with Gasteiger partial charge in [-0.05, 0) is 50.4 Å². The average molecular weight is 577 g/mol. The summed E-state index contributed by atoms with van der Waals surface area (Å²) in [6.45, 7) is 7.64. The minimum Gasteiger partial charge on any atom is -0.357 e. The molecular formula is C22H34ClIN6S. The van der Waals surface area contributed by atoms with Crippen molar-refractivity contribution in [2.45, 2.75) is 32.9 Å². The first-order valence-electron chi connectivity index (χ1n) is 10.6.